The van der Waals surface area contributed by atoms with Crippen molar-refractivity contribution in [2.45, 2.75) is 46.2 Å². The number of piperidine rings is 1. The number of hydrogen-bond donors (Lipinski definition) is 2. The zero-order chi connectivity index (χ0) is 17.1. The third-order valence-electron chi connectivity index (χ3n) is 4.73. The van der Waals surface area contributed by atoms with E-state index in [2.05, 4.69) is 53.0 Å². The Bertz CT molecular complexity index is 737. The van der Waals surface area contributed by atoms with Gasteiger partial charge in [0.2, 0.25) is 0 Å². The van der Waals surface area contributed by atoms with Crippen molar-refractivity contribution in [2.24, 2.45) is 0 Å². The number of aryl methyl sites for hydroxylation is 2. The highest BCUT2D eigenvalue weighted by Crippen LogP contribution is 2.20. The van der Waals surface area contributed by atoms with Crippen molar-refractivity contribution in [3.05, 3.63) is 46.3 Å². The van der Waals surface area contributed by atoms with Crippen LogP contribution < -0.4 is 10.6 Å². The smallest absolute Gasteiger partial charge is 0.274 e. The van der Waals surface area contributed by atoms with Crippen LogP contribution in [0.15, 0.2) is 18.2 Å². The highest BCUT2D eigenvalue weighted by molar-refractivity contribution is 5.93. The zero-order valence-corrected chi connectivity index (χ0v) is 15.8. The minimum atomic E-state index is -0.160. The Morgan fingerprint density at radius 1 is 1.28 bits per heavy atom. The highest BCUT2D eigenvalue weighted by Gasteiger charge is 2.22. The van der Waals surface area contributed by atoms with E-state index in [1.54, 1.807) is 0 Å². The minimum Gasteiger partial charge on any atom is -0.346 e. The number of nitrogens with one attached hydrogen (secondary N) is 2. The molecule has 1 aliphatic heterocycles. The normalized spacial score (nSPS) is 14.8. The SMILES string of the molecule is Cc1ccc(CNC(=O)c2nnn(C3CCNCC3)c2C)c(C)c1.Cl. The van der Waals surface area contributed by atoms with E-state index in [4.69, 9.17) is 0 Å². The molecule has 2 heterocycles. The van der Waals surface area contributed by atoms with Crippen molar-refractivity contribution in [2.75, 3.05) is 13.1 Å². The number of hydrogen-bond acceptors (Lipinski definition) is 4. The number of amides is 1. The summed E-state index contributed by atoms with van der Waals surface area (Å²) >= 11 is 0. The van der Waals surface area contributed by atoms with Gasteiger partial charge < -0.3 is 10.6 Å². The first-order chi connectivity index (χ1) is 11.6. The van der Waals surface area contributed by atoms with E-state index < -0.39 is 0 Å². The lowest BCUT2D eigenvalue weighted by molar-refractivity contribution is 0.0945. The summed E-state index contributed by atoms with van der Waals surface area (Å²) in [7, 11) is 0. The average Bonchev–Trinajstić information content (AvgIpc) is 2.96. The van der Waals surface area contributed by atoms with E-state index in [9.17, 15) is 4.79 Å². The number of halogens is 1. The predicted octanol–water partition coefficient (Wildman–Crippen LogP) is 2.48. The molecule has 136 valence electrons. The summed E-state index contributed by atoms with van der Waals surface area (Å²) in [5, 5.41) is 14.6. The third kappa shape index (κ3) is 4.38. The third-order valence-corrected chi connectivity index (χ3v) is 4.73. The number of carbonyl (C=O) groups is 1. The highest BCUT2D eigenvalue weighted by atomic mass is 35.5. The summed E-state index contributed by atoms with van der Waals surface area (Å²) < 4.78 is 1.91. The van der Waals surface area contributed by atoms with Crippen LogP contribution in [0.5, 0.6) is 0 Å². The van der Waals surface area contributed by atoms with Gasteiger partial charge in [-0.05, 0) is 57.8 Å². The van der Waals surface area contributed by atoms with Gasteiger partial charge in [-0.1, -0.05) is 29.0 Å². The molecule has 0 unspecified atom stereocenters. The first-order valence-electron chi connectivity index (χ1n) is 8.53. The number of benzene rings is 1. The van der Waals surface area contributed by atoms with Gasteiger partial charge in [0, 0.05) is 6.54 Å². The molecule has 0 radical (unpaired) electrons. The first-order valence-corrected chi connectivity index (χ1v) is 8.53. The van der Waals surface area contributed by atoms with Crippen molar-refractivity contribution < 1.29 is 4.79 Å². The lowest BCUT2D eigenvalue weighted by Gasteiger charge is -2.23. The maximum Gasteiger partial charge on any atom is 0.274 e. The summed E-state index contributed by atoms with van der Waals surface area (Å²) in [5.41, 5.74) is 4.81. The van der Waals surface area contributed by atoms with Crippen molar-refractivity contribution in [3.63, 3.8) is 0 Å². The molecule has 1 aliphatic rings. The summed E-state index contributed by atoms with van der Waals surface area (Å²) in [6.07, 6.45) is 2.04. The van der Waals surface area contributed by atoms with E-state index in [0.717, 1.165) is 37.2 Å². The monoisotopic (exact) mass is 363 g/mol. The van der Waals surface area contributed by atoms with Gasteiger partial charge in [0.1, 0.15) is 0 Å². The summed E-state index contributed by atoms with van der Waals surface area (Å²) in [5.74, 6) is -0.160. The second-order valence-corrected chi connectivity index (χ2v) is 6.56. The molecule has 6 nitrogen and oxygen atoms in total. The van der Waals surface area contributed by atoms with E-state index in [0.29, 0.717) is 18.3 Å². The van der Waals surface area contributed by atoms with Crippen molar-refractivity contribution >= 4 is 18.3 Å². The molecule has 25 heavy (non-hydrogen) atoms. The molecule has 0 saturated carbocycles. The number of nitrogens with zero attached hydrogens (tertiary/aromatic N) is 3. The molecule has 1 aromatic carbocycles. The van der Waals surface area contributed by atoms with Crippen molar-refractivity contribution in [3.8, 4) is 0 Å². The van der Waals surface area contributed by atoms with Gasteiger partial charge in [0.25, 0.3) is 5.91 Å². The molecule has 1 aromatic heterocycles. The largest absolute Gasteiger partial charge is 0.346 e. The van der Waals surface area contributed by atoms with Crippen LogP contribution in [0.3, 0.4) is 0 Å². The maximum atomic E-state index is 12.5. The topological polar surface area (TPSA) is 71.8 Å². The number of aromatic nitrogens is 3. The molecule has 7 heteroatoms. The summed E-state index contributed by atoms with van der Waals surface area (Å²) in [4.78, 5) is 12.5. The van der Waals surface area contributed by atoms with Gasteiger partial charge in [-0.2, -0.15) is 0 Å². The zero-order valence-electron chi connectivity index (χ0n) is 15.0. The van der Waals surface area contributed by atoms with Gasteiger partial charge >= 0.3 is 0 Å². The Kier molecular flexibility index (Phi) is 6.56. The lowest BCUT2D eigenvalue weighted by Crippen LogP contribution is -2.30. The predicted molar refractivity (Wildman–Crippen MR) is 100 cm³/mol. The van der Waals surface area contributed by atoms with Crippen LogP contribution in [0.4, 0.5) is 0 Å². The van der Waals surface area contributed by atoms with Gasteiger partial charge in [0.05, 0.1) is 11.7 Å². The Labute approximate surface area is 154 Å². The van der Waals surface area contributed by atoms with Crippen LogP contribution in [-0.4, -0.2) is 34.0 Å². The number of rotatable bonds is 4. The molecule has 1 saturated heterocycles. The maximum absolute atomic E-state index is 12.5. The second kappa shape index (κ2) is 8.45. The van der Waals surface area contributed by atoms with E-state index in [-0.39, 0.29) is 18.3 Å². The van der Waals surface area contributed by atoms with Crippen molar-refractivity contribution in [1.29, 1.82) is 0 Å². The van der Waals surface area contributed by atoms with Gasteiger partial charge in [-0.3, -0.25) is 4.79 Å². The fourth-order valence-corrected chi connectivity index (χ4v) is 3.25. The van der Waals surface area contributed by atoms with E-state index in [1.165, 1.54) is 11.1 Å². The summed E-state index contributed by atoms with van der Waals surface area (Å²) in [6, 6.07) is 6.58. The van der Waals surface area contributed by atoms with Crippen LogP contribution >= 0.6 is 12.4 Å². The van der Waals surface area contributed by atoms with E-state index in [1.807, 2.05) is 11.6 Å². The van der Waals surface area contributed by atoms with E-state index >= 15 is 0 Å². The lowest BCUT2D eigenvalue weighted by atomic mass is 10.1. The summed E-state index contributed by atoms with van der Waals surface area (Å²) in [6.45, 7) is 8.53. The average molecular weight is 364 g/mol. The first kappa shape index (κ1) is 19.4. The molecule has 0 atom stereocenters. The second-order valence-electron chi connectivity index (χ2n) is 6.56. The fraction of sp³-hybridized carbons (Fsp3) is 0.500. The molecule has 1 amide bonds. The van der Waals surface area contributed by atoms with Gasteiger partial charge in [-0.25, -0.2) is 4.68 Å². The van der Waals surface area contributed by atoms with Crippen LogP contribution in [0.2, 0.25) is 0 Å². The Morgan fingerprint density at radius 2 is 2.00 bits per heavy atom. The molecular weight excluding hydrogens is 338 g/mol. The minimum absolute atomic E-state index is 0. The molecular formula is C18H26ClN5O. The Hall–Kier alpha value is -1.92. The molecule has 1 fully saturated rings. The molecule has 0 spiro atoms. The molecule has 2 N–H and O–H groups in total. The molecule has 3 rings (SSSR count). The van der Waals surface area contributed by atoms with Crippen LogP contribution in [-0.2, 0) is 6.54 Å². The quantitative estimate of drug-likeness (QED) is 0.875. The van der Waals surface area contributed by atoms with Crippen LogP contribution in [0.25, 0.3) is 0 Å². The fourth-order valence-electron chi connectivity index (χ4n) is 3.25. The number of carbonyl (C=O) groups excluding carboxylic acids is 1. The van der Waals surface area contributed by atoms with Crippen LogP contribution in [0, 0.1) is 20.8 Å². The standard InChI is InChI=1S/C18H25N5O.ClH/c1-12-4-5-15(13(2)10-12)11-20-18(24)17-14(3)23(22-21-17)16-6-8-19-9-7-16;/h4-5,10,16,19H,6-9,11H2,1-3H3,(H,20,24);1H. The van der Waals surface area contributed by atoms with Gasteiger partial charge in [0.15, 0.2) is 5.69 Å². The Balaban J connectivity index is 0.00000225. The molecule has 0 aliphatic carbocycles. The molecule has 2 aromatic rings. The van der Waals surface area contributed by atoms with Crippen LogP contribution in [0.1, 0.15) is 51.8 Å². The van der Waals surface area contributed by atoms with Crippen molar-refractivity contribution in [1.82, 2.24) is 25.6 Å². The van der Waals surface area contributed by atoms with Gasteiger partial charge in [-0.15, -0.1) is 17.5 Å². The molecule has 0 bridgehead atoms. The Morgan fingerprint density at radius 3 is 2.68 bits per heavy atom.